The molecule has 0 heterocycles. The zero-order valence-electron chi connectivity index (χ0n) is 7.31. The highest BCUT2D eigenvalue weighted by Gasteiger charge is 2.11. The second kappa shape index (κ2) is 4.71. The third-order valence-corrected chi connectivity index (χ3v) is 2.37. The Kier molecular flexibility index (Phi) is 3.81. The van der Waals surface area contributed by atoms with E-state index >= 15 is 0 Å². The van der Waals surface area contributed by atoms with Gasteiger partial charge in [0.2, 0.25) is 0 Å². The highest BCUT2D eigenvalue weighted by molar-refractivity contribution is 9.09. The Labute approximate surface area is 94.6 Å². The summed E-state index contributed by atoms with van der Waals surface area (Å²) in [6.07, 6.45) is 0. The van der Waals surface area contributed by atoms with Gasteiger partial charge in [0.15, 0.2) is 5.78 Å². The van der Waals surface area contributed by atoms with Gasteiger partial charge >= 0.3 is 10.5 Å². The molecule has 1 rings (SSSR count). The van der Waals surface area contributed by atoms with Crippen molar-refractivity contribution in [1.82, 2.24) is 0 Å². The van der Waals surface area contributed by atoms with Crippen LogP contribution in [0.15, 0.2) is 24.3 Å². The quantitative estimate of drug-likeness (QED) is 0.483. The van der Waals surface area contributed by atoms with Crippen LogP contribution in [0.3, 0.4) is 0 Å². The van der Waals surface area contributed by atoms with E-state index in [2.05, 4.69) is 20.1 Å². The van der Waals surface area contributed by atoms with Crippen LogP contribution in [0.4, 0.5) is 3.89 Å². The Bertz CT molecular complexity index is 471. The third-order valence-electron chi connectivity index (χ3n) is 1.47. The number of alkyl halides is 1. The molecular formula is C8H6BrFO4S. The van der Waals surface area contributed by atoms with E-state index in [0.29, 0.717) is 0 Å². The maximum Gasteiger partial charge on any atom is 0.488 e. The molecule has 0 aromatic heterocycles. The second-order valence-corrected chi connectivity index (χ2v) is 4.07. The SMILES string of the molecule is O=C(CBr)c1cccc(OS(=O)(=O)F)c1. The number of hydrogen-bond donors (Lipinski definition) is 0. The average Bonchev–Trinajstić information content (AvgIpc) is 2.14. The van der Waals surface area contributed by atoms with Gasteiger partial charge in [0, 0.05) is 5.56 Å². The van der Waals surface area contributed by atoms with Crippen LogP contribution in [0.25, 0.3) is 0 Å². The Morgan fingerprint density at radius 1 is 1.47 bits per heavy atom. The number of halogens is 2. The van der Waals surface area contributed by atoms with Crippen molar-refractivity contribution < 1.29 is 21.3 Å². The van der Waals surface area contributed by atoms with Gasteiger partial charge in [-0.25, -0.2) is 0 Å². The smallest absolute Gasteiger partial charge is 0.358 e. The topological polar surface area (TPSA) is 60.4 Å². The first-order valence-corrected chi connectivity index (χ1v) is 6.18. The summed E-state index contributed by atoms with van der Waals surface area (Å²) < 4.78 is 36.5. The first kappa shape index (κ1) is 12.1. The van der Waals surface area contributed by atoms with Crippen molar-refractivity contribution in [2.75, 3.05) is 5.33 Å². The van der Waals surface area contributed by atoms with Crippen LogP contribution < -0.4 is 4.18 Å². The van der Waals surface area contributed by atoms with Gasteiger partial charge in [-0.15, -0.1) is 0 Å². The summed E-state index contributed by atoms with van der Waals surface area (Å²) >= 11 is 2.95. The molecule has 7 heteroatoms. The normalized spacial score (nSPS) is 11.1. The molecule has 1 aromatic carbocycles. The van der Waals surface area contributed by atoms with E-state index in [1.807, 2.05) is 0 Å². The molecule has 82 valence electrons. The number of Topliss-reactive ketones (excluding diaryl/α,β-unsaturated/α-hetero) is 1. The minimum absolute atomic E-state index is 0.0961. The molecule has 4 nitrogen and oxygen atoms in total. The maximum absolute atomic E-state index is 12.1. The van der Waals surface area contributed by atoms with Gasteiger partial charge in [0.1, 0.15) is 5.75 Å². The van der Waals surface area contributed by atoms with Crippen molar-refractivity contribution in [2.45, 2.75) is 0 Å². The molecule has 0 bridgehead atoms. The fraction of sp³-hybridized carbons (Fsp3) is 0.125. The molecule has 0 aliphatic rings. The van der Waals surface area contributed by atoms with Crippen molar-refractivity contribution in [3.8, 4) is 5.75 Å². The minimum Gasteiger partial charge on any atom is -0.358 e. The van der Waals surface area contributed by atoms with E-state index < -0.39 is 10.5 Å². The van der Waals surface area contributed by atoms with E-state index in [-0.39, 0.29) is 22.4 Å². The highest BCUT2D eigenvalue weighted by Crippen LogP contribution is 2.16. The number of hydrogen-bond acceptors (Lipinski definition) is 4. The lowest BCUT2D eigenvalue weighted by molar-refractivity contribution is 0.102. The standard InChI is InChI=1S/C8H6BrFO4S/c9-5-8(11)6-2-1-3-7(4-6)14-15(10,12)13/h1-4H,5H2. The molecule has 15 heavy (non-hydrogen) atoms. The molecule has 0 unspecified atom stereocenters. The van der Waals surface area contributed by atoms with Crippen molar-refractivity contribution >= 4 is 32.2 Å². The molecule has 0 spiro atoms. The summed E-state index contributed by atoms with van der Waals surface area (Å²) in [5.41, 5.74) is 0.244. The summed E-state index contributed by atoms with van der Waals surface area (Å²) in [7, 11) is -5.05. The van der Waals surface area contributed by atoms with Crippen LogP contribution in [-0.4, -0.2) is 19.5 Å². The van der Waals surface area contributed by atoms with E-state index in [1.54, 1.807) is 0 Å². The fourth-order valence-electron chi connectivity index (χ4n) is 0.913. The summed E-state index contributed by atoms with van der Waals surface area (Å²) in [6.45, 7) is 0. The molecule has 0 amide bonds. The van der Waals surface area contributed by atoms with Crippen molar-refractivity contribution in [1.29, 1.82) is 0 Å². The van der Waals surface area contributed by atoms with Gasteiger partial charge in [-0.05, 0) is 12.1 Å². The number of carbonyl (C=O) groups is 1. The average molecular weight is 297 g/mol. The minimum atomic E-state index is -5.05. The van der Waals surface area contributed by atoms with Crippen LogP contribution in [-0.2, 0) is 10.5 Å². The lowest BCUT2D eigenvalue weighted by Gasteiger charge is -2.01. The Morgan fingerprint density at radius 2 is 2.13 bits per heavy atom. The van der Waals surface area contributed by atoms with Crippen LogP contribution >= 0.6 is 15.9 Å². The van der Waals surface area contributed by atoms with Gasteiger partial charge in [-0.2, -0.15) is 8.42 Å². The van der Waals surface area contributed by atoms with Crippen molar-refractivity contribution in [3.05, 3.63) is 29.8 Å². The summed E-state index contributed by atoms with van der Waals surface area (Å²) in [4.78, 5) is 11.2. The molecule has 1 aromatic rings. The van der Waals surface area contributed by atoms with E-state index in [0.717, 1.165) is 6.07 Å². The van der Waals surface area contributed by atoms with Gasteiger partial charge in [0.05, 0.1) is 5.33 Å². The van der Waals surface area contributed by atoms with Gasteiger partial charge < -0.3 is 4.18 Å². The summed E-state index contributed by atoms with van der Waals surface area (Å²) in [6, 6.07) is 5.26. The molecule has 0 aliphatic carbocycles. The Hall–Kier alpha value is -0.950. The van der Waals surface area contributed by atoms with Crippen molar-refractivity contribution in [3.63, 3.8) is 0 Å². The van der Waals surface area contributed by atoms with Crippen LogP contribution in [0.2, 0.25) is 0 Å². The summed E-state index contributed by atoms with van der Waals surface area (Å²) in [5, 5.41) is 0.0961. The number of ketones is 1. The van der Waals surface area contributed by atoms with Gasteiger partial charge in [0.25, 0.3) is 0 Å². The molecule has 0 saturated heterocycles. The molecule has 0 fully saturated rings. The van der Waals surface area contributed by atoms with E-state index in [9.17, 15) is 17.1 Å². The molecule has 0 N–H and O–H groups in total. The van der Waals surface area contributed by atoms with E-state index in [4.69, 9.17) is 0 Å². The van der Waals surface area contributed by atoms with Gasteiger partial charge in [-0.3, -0.25) is 4.79 Å². The van der Waals surface area contributed by atoms with Gasteiger partial charge in [-0.1, -0.05) is 31.9 Å². The molecule has 0 aliphatic heterocycles. The third kappa shape index (κ3) is 3.96. The van der Waals surface area contributed by atoms with Crippen LogP contribution in [0.1, 0.15) is 10.4 Å². The van der Waals surface area contributed by atoms with Crippen LogP contribution in [0.5, 0.6) is 5.75 Å². The number of carbonyl (C=O) groups excluding carboxylic acids is 1. The molecule has 0 saturated carbocycles. The molecule has 0 radical (unpaired) electrons. The monoisotopic (exact) mass is 296 g/mol. The van der Waals surface area contributed by atoms with E-state index in [1.165, 1.54) is 18.2 Å². The zero-order chi connectivity index (χ0) is 11.5. The second-order valence-electron chi connectivity index (χ2n) is 2.56. The lowest BCUT2D eigenvalue weighted by Crippen LogP contribution is -2.04. The van der Waals surface area contributed by atoms with Crippen molar-refractivity contribution in [2.24, 2.45) is 0 Å². The predicted octanol–water partition coefficient (Wildman–Crippen LogP) is 1.86. The largest absolute Gasteiger partial charge is 0.488 e. The molecular weight excluding hydrogens is 291 g/mol. The van der Waals surface area contributed by atoms with Crippen LogP contribution in [0, 0.1) is 0 Å². The fourth-order valence-corrected chi connectivity index (χ4v) is 1.57. The first-order chi connectivity index (χ1) is 6.92. The highest BCUT2D eigenvalue weighted by atomic mass is 79.9. The Morgan fingerprint density at radius 3 is 2.67 bits per heavy atom. The maximum atomic E-state index is 12.1. The Balaban J connectivity index is 2.98. The zero-order valence-corrected chi connectivity index (χ0v) is 9.72. The molecule has 0 atom stereocenters. The lowest BCUT2D eigenvalue weighted by atomic mass is 10.1. The predicted molar refractivity (Wildman–Crippen MR) is 55.2 cm³/mol. The number of rotatable bonds is 4. The summed E-state index contributed by atoms with van der Waals surface area (Å²) in [5.74, 6) is -0.485. The number of benzene rings is 1. The first-order valence-electron chi connectivity index (χ1n) is 3.75.